The first kappa shape index (κ1) is 47.0. The molecule has 0 aromatic carbocycles. The van der Waals surface area contributed by atoms with E-state index < -0.39 is 28.0 Å². The summed E-state index contributed by atoms with van der Waals surface area (Å²) in [4.78, 5) is 12.5. The summed E-state index contributed by atoms with van der Waals surface area (Å²) in [5.74, 6) is -1.01. The standard InChI is InChI=1S/C42H75NO5S/c1-3-5-7-9-11-13-15-17-19-21-23-25-27-29-31-33-35-37-41(44)40(39-49(46,47)48)43-42(45)38-36-34-32-30-28-26-24-22-20-18-16-14-12-10-8-6-4-2/h6,8,12,14,18,20,24,26,35,37,40-41,44H,3-5,7,9-11,13,15-17,19,21-23,25,27-34,36,38-39H2,1-2H3,(H,43,45)(H,46,47,48)/b8-6-,14-12-,20-18-,26-24-,37-35+. The van der Waals surface area contributed by atoms with Crippen LogP contribution in [-0.2, 0) is 14.9 Å². The van der Waals surface area contributed by atoms with Crippen molar-refractivity contribution in [2.45, 2.75) is 193 Å². The highest BCUT2D eigenvalue weighted by Crippen LogP contribution is 2.14. The fourth-order valence-electron chi connectivity index (χ4n) is 5.73. The Bertz CT molecular complexity index is 999. The second-order valence-electron chi connectivity index (χ2n) is 13.5. The Balaban J connectivity index is 4.00. The molecule has 0 aliphatic rings. The summed E-state index contributed by atoms with van der Waals surface area (Å²) in [5.41, 5.74) is 0. The number of carbonyl (C=O) groups is 1. The summed E-state index contributed by atoms with van der Waals surface area (Å²) in [6.07, 6.45) is 49.1. The van der Waals surface area contributed by atoms with Gasteiger partial charge in [0, 0.05) is 6.42 Å². The summed E-state index contributed by atoms with van der Waals surface area (Å²) in [6.45, 7) is 4.40. The molecule has 0 heterocycles. The first-order valence-electron chi connectivity index (χ1n) is 20.0. The van der Waals surface area contributed by atoms with Gasteiger partial charge in [-0.15, -0.1) is 0 Å². The van der Waals surface area contributed by atoms with Crippen LogP contribution in [0, 0.1) is 0 Å². The number of allylic oxidation sites excluding steroid dienone is 9. The summed E-state index contributed by atoms with van der Waals surface area (Å²) in [6, 6.07) is -1.07. The molecule has 49 heavy (non-hydrogen) atoms. The number of nitrogens with one attached hydrogen (secondary N) is 1. The Hall–Kier alpha value is -1.96. The van der Waals surface area contributed by atoms with Crippen LogP contribution in [0.25, 0.3) is 0 Å². The van der Waals surface area contributed by atoms with Gasteiger partial charge in [-0.2, -0.15) is 8.42 Å². The minimum Gasteiger partial charge on any atom is -0.387 e. The number of aliphatic hydroxyl groups excluding tert-OH is 1. The van der Waals surface area contributed by atoms with Gasteiger partial charge in [0.25, 0.3) is 10.1 Å². The van der Waals surface area contributed by atoms with E-state index in [9.17, 15) is 22.9 Å². The predicted octanol–water partition coefficient (Wildman–Crippen LogP) is 11.7. The molecule has 0 aliphatic carbocycles. The summed E-state index contributed by atoms with van der Waals surface area (Å²) in [7, 11) is -4.35. The number of hydrogen-bond donors (Lipinski definition) is 3. The van der Waals surface area contributed by atoms with Gasteiger partial charge in [0.15, 0.2) is 0 Å². The first-order chi connectivity index (χ1) is 23.8. The smallest absolute Gasteiger partial charge is 0.267 e. The maximum absolute atomic E-state index is 12.5. The van der Waals surface area contributed by atoms with Crippen LogP contribution < -0.4 is 5.32 Å². The highest BCUT2D eigenvalue weighted by atomic mass is 32.2. The molecule has 3 N–H and O–H groups in total. The zero-order valence-electron chi connectivity index (χ0n) is 31.5. The van der Waals surface area contributed by atoms with Gasteiger partial charge < -0.3 is 10.4 Å². The Morgan fingerprint density at radius 1 is 0.571 bits per heavy atom. The van der Waals surface area contributed by atoms with Crippen molar-refractivity contribution >= 4 is 16.0 Å². The van der Waals surface area contributed by atoms with Crippen molar-refractivity contribution in [3.63, 3.8) is 0 Å². The third-order valence-electron chi connectivity index (χ3n) is 8.70. The van der Waals surface area contributed by atoms with Gasteiger partial charge in [-0.05, 0) is 57.8 Å². The van der Waals surface area contributed by atoms with Crippen LogP contribution in [0.2, 0.25) is 0 Å². The Labute approximate surface area is 302 Å². The monoisotopic (exact) mass is 706 g/mol. The number of unbranched alkanes of at least 4 members (excludes halogenated alkanes) is 19. The molecule has 0 saturated heterocycles. The summed E-state index contributed by atoms with van der Waals surface area (Å²) >= 11 is 0. The summed E-state index contributed by atoms with van der Waals surface area (Å²) < 4.78 is 32.5. The van der Waals surface area contributed by atoms with E-state index in [1.807, 2.05) is 6.08 Å². The number of hydrogen-bond acceptors (Lipinski definition) is 4. The molecule has 0 rings (SSSR count). The van der Waals surface area contributed by atoms with Crippen molar-refractivity contribution in [1.29, 1.82) is 0 Å². The molecule has 0 aliphatic heterocycles. The van der Waals surface area contributed by atoms with Crippen LogP contribution in [0.15, 0.2) is 60.8 Å². The van der Waals surface area contributed by atoms with Crippen LogP contribution in [0.3, 0.4) is 0 Å². The SMILES string of the molecule is CC/C=C\C/C=C\C/C=C\C/C=C\CCCCCCC(=O)NC(CS(=O)(=O)O)C(O)/C=C/CCCCCCCCCCCCCCCCC. The lowest BCUT2D eigenvalue weighted by molar-refractivity contribution is -0.122. The molecule has 2 atom stereocenters. The number of carbonyl (C=O) groups excluding carboxylic acids is 1. The van der Waals surface area contributed by atoms with E-state index in [2.05, 4.69) is 67.8 Å². The largest absolute Gasteiger partial charge is 0.387 e. The number of amides is 1. The van der Waals surface area contributed by atoms with E-state index in [4.69, 9.17) is 0 Å². The molecule has 7 heteroatoms. The molecule has 1 amide bonds. The zero-order chi connectivity index (χ0) is 36.1. The number of rotatable bonds is 35. The van der Waals surface area contributed by atoms with E-state index >= 15 is 0 Å². The van der Waals surface area contributed by atoms with Gasteiger partial charge in [-0.1, -0.05) is 177 Å². The summed E-state index contributed by atoms with van der Waals surface area (Å²) in [5, 5.41) is 13.2. The van der Waals surface area contributed by atoms with Crippen molar-refractivity contribution in [3.8, 4) is 0 Å². The normalized spacial score (nSPS) is 14.0. The number of aliphatic hydroxyl groups is 1. The van der Waals surface area contributed by atoms with Crippen molar-refractivity contribution in [2.75, 3.05) is 5.75 Å². The molecule has 0 radical (unpaired) electrons. The van der Waals surface area contributed by atoms with E-state index in [1.165, 1.54) is 83.5 Å². The molecule has 284 valence electrons. The third kappa shape index (κ3) is 37.1. The highest BCUT2D eigenvalue weighted by Gasteiger charge is 2.24. The van der Waals surface area contributed by atoms with Crippen molar-refractivity contribution in [3.05, 3.63) is 60.8 Å². The molecule has 2 unspecified atom stereocenters. The van der Waals surface area contributed by atoms with Gasteiger partial charge in [-0.3, -0.25) is 9.35 Å². The second kappa shape index (κ2) is 35.9. The maximum atomic E-state index is 12.5. The maximum Gasteiger partial charge on any atom is 0.267 e. The fourth-order valence-corrected chi connectivity index (χ4v) is 6.47. The van der Waals surface area contributed by atoms with Crippen LogP contribution >= 0.6 is 0 Å². The van der Waals surface area contributed by atoms with E-state index in [1.54, 1.807) is 6.08 Å². The highest BCUT2D eigenvalue weighted by molar-refractivity contribution is 7.85. The van der Waals surface area contributed by atoms with Crippen molar-refractivity contribution in [1.82, 2.24) is 5.32 Å². The quantitative estimate of drug-likeness (QED) is 0.0346. The van der Waals surface area contributed by atoms with Crippen LogP contribution in [-0.4, -0.2) is 41.9 Å². The van der Waals surface area contributed by atoms with E-state index in [0.717, 1.165) is 70.6 Å². The van der Waals surface area contributed by atoms with Crippen LogP contribution in [0.1, 0.15) is 181 Å². The van der Waals surface area contributed by atoms with E-state index in [0.29, 0.717) is 6.42 Å². The van der Waals surface area contributed by atoms with Gasteiger partial charge in [0.1, 0.15) is 0 Å². The second-order valence-corrected chi connectivity index (χ2v) is 15.0. The van der Waals surface area contributed by atoms with E-state index in [-0.39, 0.29) is 12.3 Å². The molecule has 0 aromatic rings. The average Bonchev–Trinajstić information content (AvgIpc) is 3.06. The average molecular weight is 706 g/mol. The molecule has 0 saturated carbocycles. The van der Waals surface area contributed by atoms with Crippen LogP contribution in [0.4, 0.5) is 0 Å². The first-order valence-corrected chi connectivity index (χ1v) is 21.6. The Kier molecular flexibility index (Phi) is 34.4. The third-order valence-corrected chi connectivity index (χ3v) is 9.48. The molecule has 0 spiro atoms. The van der Waals surface area contributed by atoms with Gasteiger partial charge in [0.05, 0.1) is 17.9 Å². The van der Waals surface area contributed by atoms with Gasteiger partial charge in [0.2, 0.25) is 5.91 Å². The van der Waals surface area contributed by atoms with Crippen molar-refractivity contribution < 1.29 is 22.9 Å². The molecule has 0 fully saturated rings. The van der Waals surface area contributed by atoms with Gasteiger partial charge >= 0.3 is 0 Å². The minimum absolute atomic E-state index is 0.265. The molecule has 0 bridgehead atoms. The Morgan fingerprint density at radius 2 is 0.980 bits per heavy atom. The molecule has 0 aromatic heterocycles. The molecular weight excluding hydrogens is 631 g/mol. The topological polar surface area (TPSA) is 104 Å². The fraction of sp³-hybridized carbons (Fsp3) is 0.738. The van der Waals surface area contributed by atoms with Gasteiger partial charge in [-0.25, -0.2) is 0 Å². The van der Waals surface area contributed by atoms with Crippen molar-refractivity contribution in [2.24, 2.45) is 0 Å². The molecule has 6 nitrogen and oxygen atoms in total. The zero-order valence-corrected chi connectivity index (χ0v) is 32.4. The van der Waals surface area contributed by atoms with Crippen LogP contribution in [0.5, 0.6) is 0 Å². The lowest BCUT2D eigenvalue weighted by Gasteiger charge is -2.21. The minimum atomic E-state index is -4.35. The molecular formula is C42H75NO5S. The lowest BCUT2D eigenvalue weighted by atomic mass is 10.0. The predicted molar refractivity (Wildman–Crippen MR) is 211 cm³/mol. The lowest BCUT2D eigenvalue weighted by Crippen LogP contribution is -2.46. The Morgan fingerprint density at radius 3 is 1.45 bits per heavy atom.